The third kappa shape index (κ3) is 3.88. The number of carbonyl (C=O) groups excluding carboxylic acids is 1. The van der Waals surface area contributed by atoms with Crippen LogP contribution in [0.25, 0.3) is 0 Å². The molecule has 88 valence electrons. The van der Waals surface area contributed by atoms with Crippen molar-refractivity contribution in [1.82, 2.24) is 5.43 Å². The summed E-state index contributed by atoms with van der Waals surface area (Å²) in [5.41, 5.74) is 3.19. The molecule has 0 aliphatic heterocycles. The summed E-state index contributed by atoms with van der Waals surface area (Å²) in [6, 6.07) is 3.71. The molecule has 0 unspecified atom stereocenters. The van der Waals surface area contributed by atoms with Crippen LogP contribution in [-0.4, -0.2) is 11.6 Å². The summed E-state index contributed by atoms with van der Waals surface area (Å²) in [5.74, 6) is 1.47. The van der Waals surface area contributed by atoms with Crippen molar-refractivity contribution < 1.29 is 9.21 Å². The molecule has 0 saturated carbocycles. The Morgan fingerprint density at radius 2 is 2.25 bits per heavy atom. The summed E-state index contributed by atoms with van der Waals surface area (Å²) < 4.78 is 5.38. The smallest absolute Gasteiger partial charge is 0.240 e. The van der Waals surface area contributed by atoms with Crippen LogP contribution in [0.4, 0.5) is 0 Å². The van der Waals surface area contributed by atoms with E-state index >= 15 is 0 Å². The van der Waals surface area contributed by atoms with Gasteiger partial charge in [-0.25, -0.2) is 5.43 Å². The van der Waals surface area contributed by atoms with Gasteiger partial charge in [0.25, 0.3) is 0 Å². The molecule has 1 N–H and O–H groups in total. The van der Waals surface area contributed by atoms with Crippen LogP contribution in [0, 0.1) is 6.92 Å². The van der Waals surface area contributed by atoms with Crippen molar-refractivity contribution in [1.29, 1.82) is 0 Å². The number of hydrazone groups is 1. The first-order valence-corrected chi connectivity index (χ1v) is 5.53. The van der Waals surface area contributed by atoms with E-state index in [0.717, 1.165) is 18.6 Å². The molecule has 0 spiro atoms. The molecular weight excluding hydrogens is 204 g/mol. The number of hydrogen-bond acceptors (Lipinski definition) is 3. The van der Waals surface area contributed by atoms with Crippen LogP contribution >= 0.6 is 0 Å². The minimum Gasteiger partial charge on any atom is -0.460 e. The van der Waals surface area contributed by atoms with Crippen LogP contribution in [0.5, 0.6) is 0 Å². The van der Waals surface area contributed by atoms with Crippen LogP contribution in [0.1, 0.15) is 44.6 Å². The number of nitrogens with one attached hydrogen (secondary N) is 1. The van der Waals surface area contributed by atoms with Gasteiger partial charge in [0.15, 0.2) is 0 Å². The third-order valence-electron chi connectivity index (χ3n) is 2.20. The number of amides is 1. The SMILES string of the molecule is CCCCC(=O)N/N=C(\C)c1ccc(C)o1. The molecule has 4 nitrogen and oxygen atoms in total. The summed E-state index contributed by atoms with van der Waals surface area (Å²) in [5, 5.41) is 3.98. The maximum Gasteiger partial charge on any atom is 0.240 e. The summed E-state index contributed by atoms with van der Waals surface area (Å²) in [6.45, 7) is 5.72. The second-order valence-electron chi connectivity index (χ2n) is 3.75. The Morgan fingerprint density at radius 1 is 1.50 bits per heavy atom. The monoisotopic (exact) mass is 222 g/mol. The first-order valence-electron chi connectivity index (χ1n) is 5.53. The van der Waals surface area contributed by atoms with Gasteiger partial charge in [0.05, 0.1) is 0 Å². The first kappa shape index (κ1) is 12.5. The van der Waals surface area contributed by atoms with E-state index in [9.17, 15) is 4.79 Å². The van der Waals surface area contributed by atoms with E-state index in [1.807, 2.05) is 26.0 Å². The van der Waals surface area contributed by atoms with Crippen molar-refractivity contribution in [2.45, 2.75) is 40.0 Å². The summed E-state index contributed by atoms with van der Waals surface area (Å²) in [7, 11) is 0. The van der Waals surface area contributed by atoms with Gasteiger partial charge < -0.3 is 4.42 Å². The lowest BCUT2D eigenvalue weighted by molar-refractivity contribution is -0.121. The summed E-state index contributed by atoms with van der Waals surface area (Å²) >= 11 is 0. The molecule has 1 aromatic heterocycles. The second-order valence-corrected chi connectivity index (χ2v) is 3.75. The minimum absolute atomic E-state index is 0.0514. The molecule has 0 bridgehead atoms. The maximum atomic E-state index is 11.3. The Morgan fingerprint density at radius 3 is 2.81 bits per heavy atom. The lowest BCUT2D eigenvalue weighted by atomic mass is 10.2. The van der Waals surface area contributed by atoms with Gasteiger partial charge in [-0.05, 0) is 32.4 Å². The fourth-order valence-corrected chi connectivity index (χ4v) is 1.22. The normalized spacial score (nSPS) is 11.6. The molecule has 1 amide bonds. The zero-order valence-corrected chi connectivity index (χ0v) is 10.0. The average Bonchev–Trinajstić information content (AvgIpc) is 2.69. The largest absolute Gasteiger partial charge is 0.460 e. The van der Waals surface area contributed by atoms with Crippen LogP contribution in [0.2, 0.25) is 0 Å². The Labute approximate surface area is 95.7 Å². The van der Waals surface area contributed by atoms with E-state index in [1.165, 1.54) is 0 Å². The van der Waals surface area contributed by atoms with E-state index in [-0.39, 0.29) is 5.91 Å². The van der Waals surface area contributed by atoms with Crippen LogP contribution in [0.15, 0.2) is 21.7 Å². The lowest BCUT2D eigenvalue weighted by Crippen LogP contribution is -2.18. The highest BCUT2D eigenvalue weighted by Crippen LogP contribution is 2.07. The zero-order chi connectivity index (χ0) is 12.0. The number of nitrogens with zero attached hydrogens (tertiary/aromatic N) is 1. The molecule has 0 atom stereocenters. The zero-order valence-electron chi connectivity index (χ0n) is 10.0. The molecule has 0 aromatic carbocycles. The van der Waals surface area contributed by atoms with Crippen LogP contribution in [0.3, 0.4) is 0 Å². The third-order valence-corrected chi connectivity index (χ3v) is 2.20. The Hall–Kier alpha value is -1.58. The van der Waals surface area contributed by atoms with Crippen molar-refractivity contribution in [2.75, 3.05) is 0 Å². The highest BCUT2D eigenvalue weighted by Gasteiger charge is 2.03. The molecular formula is C12H18N2O2. The lowest BCUT2D eigenvalue weighted by Gasteiger charge is -1.99. The van der Waals surface area contributed by atoms with Crippen LogP contribution in [-0.2, 0) is 4.79 Å². The molecule has 0 radical (unpaired) electrons. The van der Waals surface area contributed by atoms with Crippen LogP contribution < -0.4 is 5.43 Å². The number of unbranched alkanes of at least 4 members (excludes halogenated alkanes) is 1. The Bertz CT molecular complexity index is 380. The number of carbonyl (C=O) groups is 1. The van der Waals surface area contributed by atoms with E-state index in [4.69, 9.17) is 4.42 Å². The number of rotatable bonds is 5. The predicted molar refractivity (Wildman–Crippen MR) is 63.3 cm³/mol. The van der Waals surface area contributed by atoms with Gasteiger partial charge in [-0.1, -0.05) is 13.3 Å². The van der Waals surface area contributed by atoms with Crippen molar-refractivity contribution in [2.24, 2.45) is 5.10 Å². The molecule has 0 aliphatic carbocycles. The van der Waals surface area contributed by atoms with E-state index in [0.29, 0.717) is 17.9 Å². The molecule has 1 aromatic rings. The van der Waals surface area contributed by atoms with Gasteiger partial charge in [0.2, 0.25) is 5.91 Å². The molecule has 1 heterocycles. The average molecular weight is 222 g/mol. The van der Waals surface area contributed by atoms with Gasteiger partial charge in [0, 0.05) is 6.42 Å². The van der Waals surface area contributed by atoms with Crippen molar-refractivity contribution in [3.05, 3.63) is 23.7 Å². The summed E-state index contributed by atoms with van der Waals surface area (Å²) in [6.07, 6.45) is 2.41. The predicted octanol–water partition coefficient (Wildman–Crippen LogP) is 2.62. The fraction of sp³-hybridized carbons (Fsp3) is 0.500. The van der Waals surface area contributed by atoms with Gasteiger partial charge in [-0.2, -0.15) is 5.10 Å². The maximum absolute atomic E-state index is 11.3. The van der Waals surface area contributed by atoms with Crippen molar-refractivity contribution in [3.8, 4) is 0 Å². The highest BCUT2D eigenvalue weighted by atomic mass is 16.3. The number of aryl methyl sites for hydroxylation is 1. The molecule has 0 fully saturated rings. The number of hydrogen-bond donors (Lipinski definition) is 1. The molecule has 1 rings (SSSR count). The standard InChI is InChI=1S/C12H18N2O2/c1-4-5-6-12(15)14-13-10(3)11-8-7-9(2)16-11/h7-8H,4-6H2,1-3H3,(H,14,15)/b13-10+. The topological polar surface area (TPSA) is 54.6 Å². The molecule has 4 heteroatoms. The van der Waals surface area contributed by atoms with Crippen molar-refractivity contribution in [3.63, 3.8) is 0 Å². The van der Waals surface area contributed by atoms with Gasteiger partial charge in [-0.3, -0.25) is 4.79 Å². The van der Waals surface area contributed by atoms with Crippen molar-refractivity contribution >= 4 is 11.6 Å². The summed E-state index contributed by atoms with van der Waals surface area (Å²) in [4.78, 5) is 11.3. The molecule has 16 heavy (non-hydrogen) atoms. The van der Waals surface area contributed by atoms with Gasteiger partial charge in [0.1, 0.15) is 17.2 Å². The van der Waals surface area contributed by atoms with E-state index in [1.54, 1.807) is 6.92 Å². The molecule has 0 saturated heterocycles. The minimum atomic E-state index is -0.0514. The number of furan rings is 1. The molecule has 0 aliphatic rings. The Kier molecular flexibility index (Phi) is 4.76. The second kappa shape index (κ2) is 6.10. The van der Waals surface area contributed by atoms with E-state index < -0.39 is 0 Å². The van der Waals surface area contributed by atoms with Gasteiger partial charge in [-0.15, -0.1) is 0 Å². The first-order chi connectivity index (χ1) is 7.63. The van der Waals surface area contributed by atoms with Gasteiger partial charge >= 0.3 is 0 Å². The highest BCUT2D eigenvalue weighted by molar-refractivity contribution is 5.96. The fourth-order valence-electron chi connectivity index (χ4n) is 1.22. The Balaban J connectivity index is 2.48. The quantitative estimate of drug-likeness (QED) is 0.615. The van der Waals surface area contributed by atoms with E-state index in [2.05, 4.69) is 10.5 Å².